The fourth-order valence-corrected chi connectivity index (χ4v) is 3.01. The molecular formula is C22H20F5N7O3. The quantitative estimate of drug-likeness (QED) is 0.222. The number of benzene rings is 1. The maximum Gasteiger partial charge on any atom is 0.428 e. The second-order valence-electron chi connectivity index (χ2n) is 7.49. The van der Waals surface area contributed by atoms with Crippen molar-refractivity contribution in [2.45, 2.75) is 18.3 Å². The zero-order valence-corrected chi connectivity index (χ0v) is 19.1. The average molecular weight is 525 g/mol. The van der Waals surface area contributed by atoms with Gasteiger partial charge in [0.2, 0.25) is 0 Å². The number of carbonyl (C=O) groups is 1. The van der Waals surface area contributed by atoms with E-state index in [1.807, 2.05) is 5.32 Å². The highest BCUT2D eigenvalue weighted by Crippen LogP contribution is 2.29. The van der Waals surface area contributed by atoms with Gasteiger partial charge in [0.15, 0.2) is 11.7 Å². The van der Waals surface area contributed by atoms with Crippen LogP contribution in [0.3, 0.4) is 0 Å². The number of nitrogens with one attached hydrogen (secondary N) is 1. The first-order valence-electron chi connectivity index (χ1n) is 10.4. The molecule has 3 aromatic rings. The summed E-state index contributed by atoms with van der Waals surface area (Å²) < 4.78 is 73.3. The van der Waals surface area contributed by atoms with E-state index in [1.54, 1.807) is 18.2 Å². The zero-order chi connectivity index (χ0) is 27.2. The lowest BCUT2D eigenvalue weighted by Gasteiger charge is -2.26. The maximum absolute atomic E-state index is 14.2. The van der Waals surface area contributed by atoms with E-state index >= 15 is 0 Å². The summed E-state index contributed by atoms with van der Waals surface area (Å²) in [5.41, 5.74) is 1.98. The number of amidine groups is 1. The van der Waals surface area contributed by atoms with Gasteiger partial charge in [0.1, 0.15) is 23.5 Å². The van der Waals surface area contributed by atoms with E-state index in [2.05, 4.69) is 26.0 Å². The largest absolute Gasteiger partial charge is 0.428 e. The first-order chi connectivity index (χ1) is 17.5. The third-order valence-corrected chi connectivity index (χ3v) is 4.98. The Bertz CT molecular complexity index is 1330. The molecule has 3 rings (SSSR count). The number of hydrogen-bond acceptors (Lipinski definition) is 7. The highest BCUT2D eigenvalue weighted by Gasteiger charge is 2.58. The third kappa shape index (κ3) is 6.24. The van der Waals surface area contributed by atoms with Crippen LogP contribution < -0.4 is 11.1 Å². The predicted octanol–water partition coefficient (Wildman–Crippen LogP) is 2.35. The minimum Gasteiger partial charge on any atom is -0.385 e. The lowest BCUT2D eigenvalue weighted by atomic mass is 10.0. The molecule has 10 nitrogen and oxygen atoms in total. The van der Waals surface area contributed by atoms with Crippen molar-refractivity contribution in [3.05, 3.63) is 71.8 Å². The van der Waals surface area contributed by atoms with Crippen molar-refractivity contribution in [3.63, 3.8) is 0 Å². The first-order valence-corrected chi connectivity index (χ1v) is 10.4. The Labute approximate surface area is 206 Å². The van der Waals surface area contributed by atoms with E-state index in [4.69, 9.17) is 4.52 Å². The summed E-state index contributed by atoms with van der Waals surface area (Å²) in [5, 5.41) is 19.5. The monoisotopic (exact) mass is 525 g/mol. The summed E-state index contributed by atoms with van der Waals surface area (Å²) in [5.74, 6) is -3.76. The fraction of sp³-hybridized carbons (Fsp3) is 0.227. The van der Waals surface area contributed by atoms with E-state index < -0.39 is 35.9 Å². The molecule has 0 saturated carbocycles. The number of nitrogens with two attached hydrogens (primary N) is 1. The Morgan fingerprint density at radius 1 is 1.30 bits per heavy atom. The summed E-state index contributed by atoms with van der Waals surface area (Å²) in [4.78, 5) is 18.8. The molecule has 0 radical (unpaired) electrons. The smallest absolute Gasteiger partial charge is 0.385 e. The number of aliphatic hydroxyl groups is 1. The van der Waals surface area contributed by atoms with Gasteiger partial charge >= 0.3 is 6.18 Å². The number of amides is 1. The van der Waals surface area contributed by atoms with Crippen LogP contribution in [0.4, 0.5) is 22.0 Å². The molecule has 0 bridgehead atoms. The maximum atomic E-state index is 14.2. The van der Waals surface area contributed by atoms with Crippen LogP contribution in [0, 0.1) is 5.82 Å². The molecule has 0 saturated heterocycles. The number of halogens is 5. The fourth-order valence-electron chi connectivity index (χ4n) is 3.01. The standard InChI is InChI=1S/C22H20F5N7O3/c1-29-19(31-10-14(23)9-30-12-21(36,20(28)35)22(25,26)27)17-8-18(16-6-7-37-33-16)34(32-17)11-13-4-2-3-5-15(13)24/h2-10,30,36H,11-12H2,1H3,(H2,28,35)/b14-9-,29-19-,31-10-. The van der Waals surface area contributed by atoms with Crippen LogP contribution in [0.2, 0.25) is 0 Å². The molecule has 0 fully saturated rings. The summed E-state index contributed by atoms with van der Waals surface area (Å²) in [6, 6.07) is 9.12. The Morgan fingerprint density at radius 3 is 2.62 bits per heavy atom. The minimum absolute atomic E-state index is 0.00966. The number of aromatic nitrogens is 3. The number of nitrogens with zero attached hydrogens (tertiary/aromatic N) is 5. The van der Waals surface area contributed by atoms with Crippen LogP contribution >= 0.6 is 0 Å². The van der Waals surface area contributed by atoms with Gasteiger partial charge in [-0.25, -0.2) is 13.8 Å². The molecule has 2 aromatic heterocycles. The number of alkyl halides is 3. The second-order valence-corrected chi connectivity index (χ2v) is 7.49. The summed E-state index contributed by atoms with van der Waals surface area (Å²) in [6.45, 7) is -1.42. The van der Waals surface area contributed by atoms with Crippen molar-refractivity contribution < 1.29 is 36.4 Å². The molecule has 4 N–H and O–H groups in total. The zero-order valence-electron chi connectivity index (χ0n) is 19.1. The minimum atomic E-state index is -5.38. The summed E-state index contributed by atoms with van der Waals surface area (Å²) in [7, 11) is 1.34. The second kappa shape index (κ2) is 11.1. The topological polar surface area (TPSA) is 144 Å². The molecular weight excluding hydrogens is 505 g/mol. The third-order valence-electron chi connectivity index (χ3n) is 4.98. The van der Waals surface area contributed by atoms with E-state index in [9.17, 15) is 31.9 Å². The lowest BCUT2D eigenvalue weighted by molar-refractivity contribution is -0.247. The molecule has 1 amide bonds. The van der Waals surface area contributed by atoms with Crippen molar-refractivity contribution in [1.29, 1.82) is 0 Å². The normalized spacial score (nSPS) is 14.7. The number of aliphatic imine (C=N–C) groups is 2. The summed E-state index contributed by atoms with van der Waals surface area (Å²) in [6.07, 6.45) is -2.98. The van der Waals surface area contributed by atoms with Crippen molar-refractivity contribution >= 4 is 18.0 Å². The van der Waals surface area contributed by atoms with E-state index in [1.165, 1.54) is 36.2 Å². The van der Waals surface area contributed by atoms with Gasteiger partial charge in [-0.05, 0) is 12.1 Å². The predicted molar refractivity (Wildman–Crippen MR) is 122 cm³/mol. The number of carbonyl (C=O) groups excluding carboxylic acids is 1. The number of hydrogen-bond donors (Lipinski definition) is 3. The molecule has 0 aliphatic heterocycles. The van der Waals surface area contributed by atoms with Crippen LogP contribution in [-0.2, 0) is 11.3 Å². The van der Waals surface area contributed by atoms with E-state index in [-0.39, 0.29) is 18.1 Å². The van der Waals surface area contributed by atoms with Gasteiger partial charge in [-0.3, -0.25) is 14.5 Å². The van der Waals surface area contributed by atoms with Crippen molar-refractivity contribution in [1.82, 2.24) is 20.3 Å². The van der Waals surface area contributed by atoms with Crippen LogP contribution in [0.15, 0.2) is 69.2 Å². The van der Waals surface area contributed by atoms with Crippen LogP contribution in [-0.4, -0.2) is 63.4 Å². The van der Waals surface area contributed by atoms with Crippen molar-refractivity contribution in [3.8, 4) is 11.4 Å². The number of allylic oxidation sites excluding steroid dienone is 1. The van der Waals surface area contributed by atoms with Crippen molar-refractivity contribution in [2.75, 3.05) is 13.6 Å². The molecule has 0 spiro atoms. The Morgan fingerprint density at radius 2 is 2.03 bits per heavy atom. The average Bonchev–Trinajstić information content (AvgIpc) is 3.50. The van der Waals surface area contributed by atoms with Gasteiger partial charge in [0, 0.05) is 24.9 Å². The first kappa shape index (κ1) is 27.2. The summed E-state index contributed by atoms with van der Waals surface area (Å²) >= 11 is 0. The van der Waals surface area contributed by atoms with Crippen LogP contribution in [0.1, 0.15) is 11.3 Å². The lowest BCUT2D eigenvalue weighted by Crippen LogP contribution is -2.60. The molecule has 196 valence electrons. The molecule has 1 unspecified atom stereocenters. The molecule has 0 aliphatic rings. The molecule has 2 heterocycles. The highest BCUT2D eigenvalue weighted by atomic mass is 19.4. The van der Waals surface area contributed by atoms with Gasteiger partial charge in [0.05, 0.1) is 25.0 Å². The van der Waals surface area contributed by atoms with E-state index in [0.717, 1.165) is 0 Å². The highest BCUT2D eigenvalue weighted by molar-refractivity contribution is 6.03. The van der Waals surface area contributed by atoms with Gasteiger partial charge in [-0.2, -0.15) is 18.3 Å². The number of rotatable bonds is 9. The Kier molecular flexibility index (Phi) is 8.17. The van der Waals surface area contributed by atoms with E-state index in [0.29, 0.717) is 29.4 Å². The van der Waals surface area contributed by atoms with Gasteiger partial charge in [-0.1, -0.05) is 23.4 Å². The van der Waals surface area contributed by atoms with Crippen LogP contribution in [0.5, 0.6) is 0 Å². The Balaban J connectivity index is 1.81. The van der Waals surface area contributed by atoms with Crippen LogP contribution in [0.25, 0.3) is 11.4 Å². The molecule has 1 aromatic carbocycles. The Hall–Kier alpha value is -4.40. The van der Waals surface area contributed by atoms with Crippen molar-refractivity contribution in [2.24, 2.45) is 15.7 Å². The molecule has 15 heteroatoms. The molecule has 37 heavy (non-hydrogen) atoms. The molecule has 0 aliphatic carbocycles. The number of primary amides is 1. The molecule has 1 atom stereocenters. The van der Waals surface area contributed by atoms with Gasteiger partial charge in [-0.15, -0.1) is 0 Å². The van der Waals surface area contributed by atoms with Gasteiger partial charge < -0.3 is 20.7 Å². The SMILES string of the molecule is C\N=C(/N=C\C(F)=C\NCC(O)(C(N)=O)C(F)(F)F)c1cc(-c2ccon2)n(Cc2ccccc2F)n1. The van der Waals surface area contributed by atoms with Gasteiger partial charge in [0.25, 0.3) is 11.5 Å².